The Hall–Kier alpha value is -2.17. The summed E-state index contributed by atoms with van der Waals surface area (Å²) in [5.41, 5.74) is 5.57. The number of ether oxygens (including phenoxy) is 1. The molecule has 5 heteroatoms. The maximum absolute atomic E-state index is 13.0. The maximum atomic E-state index is 13.0. The smallest absolute Gasteiger partial charge is 0.133 e. The van der Waals surface area contributed by atoms with E-state index in [9.17, 15) is 13.2 Å². The number of halogens is 3. The predicted molar refractivity (Wildman–Crippen MR) is 57.2 cm³/mol. The standard InChI is InChI=1S/C12H8F3NO/c13-7-1-8(14)4-11(3-7)17-12-5-9(15)2-10(16)6-12/h1-6H,16H2. The summed E-state index contributed by atoms with van der Waals surface area (Å²) in [6.45, 7) is 0. The summed E-state index contributed by atoms with van der Waals surface area (Å²) in [4.78, 5) is 0. The van der Waals surface area contributed by atoms with Crippen molar-refractivity contribution in [2.24, 2.45) is 0 Å². The van der Waals surface area contributed by atoms with Gasteiger partial charge < -0.3 is 10.5 Å². The van der Waals surface area contributed by atoms with E-state index in [2.05, 4.69) is 0 Å². The SMILES string of the molecule is Nc1cc(F)cc(Oc2cc(F)cc(F)c2)c1. The first kappa shape index (κ1) is 11.3. The van der Waals surface area contributed by atoms with Crippen LogP contribution in [0.5, 0.6) is 11.5 Å². The molecule has 2 aromatic carbocycles. The average Bonchev–Trinajstić information content (AvgIpc) is 2.13. The lowest BCUT2D eigenvalue weighted by Gasteiger charge is -2.07. The Kier molecular flexibility index (Phi) is 2.91. The van der Waals surface area contributed by atoms with Crippen LogP contribution in [0.25, 0.3) is 0 Å². The van der Waals surface area contributed by atoms with Crippen LogP contribution < -0.4 is 10.5 Å². The number of nitrogens with two attached hydrogens (primary N) is 1. The Morgan fingerprint density at radius 3 is 1.71 bits per heavy atom. The highest BCUT2D eigenvalue weighted by atomic mass is 19.1. The Morgan fingerprint density at radius 2 is 1.18 bits per heavy atom. The zero-order valence-corrected chi connectivity index (χ0v) is 8.58. The normalized spacial score (nSPS) is 10.3. The molecule has 0 aliphatic rings. The van der Waals surface area contributed by atoms with Gasteiger partial charge in [-0.3, -0.25) is 0 Å². The van der Waals surface area contributed by atoms with Crippen molar-refractivity contribution < 1.29 is 17.9 Å². The molecule has 17 heavy (non-hydrogen) atoms. The van der Waals surface area contributed by atoms with Crippen molar-refractivity contribution >= 4 is 5.69 Å². The first-order valence-electron chi connectivity index (χ1n) is 4.73. The highest BCUT2D eigenvalue weighted by molar-refractivity contribution is 5.45. The molecule has 0 unspecified atom stereocenters. The Morgan fingerprint density at radius 1 is 0.706 bits per heavy atom. The van der Waals surface area contributed by atoms with E-state index in [0.717, 1.165) is 24.3 Å². The fraction of sp³-hybridized carbons (Fsp3) is 0. The average molecular weight is 239 g/mol. The maximum Gasteiger partial charge on any atom is 0.133 e. The minimum atomic E-state index is -0.774. The first-order valence-corrected chi connectivity index (χ1v) is 4.73. The van der Waals surface area contributed by atoms with E-state index in [-0.39, 0.29) is 17.2 Å². The second-order valence-electron chi connectivity index (χ2n) is 3.43. The molecule has 2 aromatic rings. The molecule has 0 aliphatic heterocycles. The second-order valence-corrected chi connectivity index (χ2v) is 3.43. The summed E-state index contributed by atoms with van der Waals surface area (Å²) in [6, 6.07) is 6.23. The van der Waals surface area contributed by atoms with Crippen molar-refractivity contribution in [2.75, 3.05) is 5.73 Å². The molecule has 2 nitrogen and oxygen atoms in total. The van der Waals surface area contributed by atoms with Crippen LogP contribution in [-0.2, 0) is 0 Å². The van der Waals surface area contributed by atoms with Gasteiger partial charge in [-0.15, -0.1) is 0 Å². The van der Waals surface area contributed by atoms with Crippen LogP contribution in [0.1, 0.15) is 0 Å². The fourth-order valence-corrected chi connectivity index (χ4v) is 1.37. The third kappa shape index (κ3) is 2.90. The summed E-state index contributed by atoms with van der Waals surface area (Å²) in [5, 5.41) is 0. The van der Waals surface area contributed by atoms with Crippen molar-refractivity contribution in [3.8, 4) is 11.5 Å². The number of benzene rings is 2. The lowest BCUT2D eigenvalue weighted by Crippen LogP contribution is -1.91. The summed E-state index contributed by atoms with van der Waals surface area (Å²) >= 11 is 0. The molecule has 88 valence electrons. The van der Waals surface area contributed by atoms with E-state index in [1.165, 1.54) is 6.07 Å². The lowest BCUT2D eigenvalue weighted by molar-refractivity contribution is 0.464. The minimum absolute atomic E-state index is 0.0625. The number of hydrogen-bond acceptors (Lipinski definition) is 2. The molecule has 2 N–H and O–H groups in total. The summed E-state index contributed by atoms with van der Waals surface area (Å²) in [5.74, 6) is -2.12. The Labute approximate surface area is 95.4 Å². The summed E-state index contributed by atoms with van der Waals surface area (Å²) in [7, 11) is 0. The van der Waals surface area contributed by atoms with Crippen LogP contribution in [0.4, 0.5) is 18.9 Å². The molecule has 0 radical (unpaired) electrons. The molecule has 0 saturated carbocycles. The Balaban J connectivity index is 2.31. The van der Waals surface area contributed by atoms with Crippen molar-refractivity contribution in [1.29, 1.82) is 0 Å². The molecule has 0 heterocycles. The van der Waals surface area contributed by atoms with Gasteiger partial charge in [0, 0.05) is 36.0 Å². The van der Waals surface area contributed by atoms with Gasteiger partial charge in [-0.1, -0.05) is 0 Å². The van der Waals surface area contributed by atoms with Crippen LogP contribution in [0.15, 0.2) is 36.4 Å². The number of hydrogen-bond donors (Lipinski definition) is 1. The number of anilines is 1. The number of nitrogen functional groups attached to an aromatic ring is 1. The van der Waals surface area contributed by atoms with Crippen molar-refractivity contribution in [3.63, 3.8) is 0 Å². The van der Waals surface area contributed by atoms with Crippen LogP contribution >= 0.6 is 0 Å². The van der Waals surface area contributed by atoms with Gasteiger partial charge in [-0.05, 0) is 6.07 Å². The first-order chi connectivity index (χ1) is 8.02. The molecule has 0 bridgehead atoms. The zero-order chi connectivity index (χ0) is 12.4. The van der Waals surface area contributed by atoms with Gasteiger partial charge in [-0.25, -0.2) is 13.2 Å². The van der Waals surface area contributed by atoms with E-state index in [1.807, 2.05) is 0 Å². The molecule has 0 atom stereocenters. The largest absolute Gasteiger partial charge is 0.457 e. The van der Waals surface area contributed by atoms with E-state index < -0.39 is 17.5 Å². The lowest BCUT2D eigenvalue weighted by atomic mass is 10.3. The van der Waals surface area contributed by atoms with Crippen LogP contribution in [0.3, 0.4) is 0 Å². The molecule has 0 aliphatic carbocycles. The quantitative estimate of drug-likeness (QED) is 0.814. The molecule has 0 spiro atoms. The third-order valence-corrected chi connectivity index (χ3v) is 1.97. The monoisotopic (exact) mass is 239 g/mol. The van der Waals surface area contributed by atoms with E-state index >= 15 is 0 Å². The molecule has 0 amide bonds. The topological polar surface area (TPSA) is 35.2 Å². The van der Waals surface area contributed by atoms with Gasteiger partial charge in [-0.2, -0.15) is 0 Å². The zero-order valence-electron chi connectivity index (χ0n) is 8.58. The van der Waals surface area contributed by atoms with E-state index in [1.54, 1.807) is 0 Å². The number of rotatable bonds is 2. The molecule has 0 aromatic heterocycles. The predicted octanol–water partition coefficient (Wildman–Crippen LogP) is 3.48. The van der Waals surface area contributed by atoms with Crippen LogP contribution in [0, 0.1) is 17.5 Å². The Bertz CT molecular complexity index is 467. The van der Waals surface area contributed by atoms with Gasteiger partial charge in [0.1, 0.15) is 29.0 Å². The second kappa shape index (κ2) is 4.37. The third-order valence-electron chi connectivity index (χ3n) is 1.97. The van der Waals surface area contributed by atoms with Gasteiger partial charge in [0.15, 0.2) is 0 Å². The van der Waals surface area contributed by atoms with Crippen LogP contribution in [-0.4, -0.2) is 0 Å². The van der Waals surface area contributed by atoms with Crippen LogP contribution in [0.2, 0.25) is 0 Å². The van der Waals surface area contributed by atoms with Gasteiger partial charge in [0.2, 0.25) is 0 Å². The molecular weight excluding hydrogens is 231 g/mol. The minimum Gasteiger partial charge on any atom is -0.457 e. The summed E-state index contributed by atoms with van der Waals surface area (Å²) in [6.07, 6.45) is 0. The van der Waals surface area contributed by atoms with Crippen molar-refractivity contribution in [1.82, 2.24) is 0 Å². The van der Waals surface area contributed by atoms with Gasteiger partial charge in [0.05, 0.1) is 0 Å². The fourth-order valence-electron chi connectivity index (χ4n) is 1.37. The molecule has 0 fully saturated rings. The molecule has 2 rings (SSSR count). The van der Waals surface area contributed by atoms with Gasteiger partial charge in [0.25, 0.3) is 0 Å². The van der Waals surface area contributed by atoms with Crippen molar-refractivity contribution in [2.45, 2.75) is 0 Å². The molecule has 0 saturated heterocycles. The van der Waals surface area contributed by atoms with E-state index in [0.29, 0.717) is 6.07 Å². The highest BCUT2D eigenvalue weighted by Gasteiger charge is 2.05. The molecular formula is C12H8F3NO. The van der Waals surface area contributed by atoms with Crippen molar-refractivity contribution in [3.05, 3.63) is 53.8 Å². The highest BCUT2D eigenvalue weighted by Crippen LogP contribution is 2.25. The van der Waals surface area contributed by atoms with Gasteiger partial charge >= 0.3 is 0 Å². The summed E-state index contributed by atoms with van der Waals surface area (Å²) < 4.78 is 43.8. The van der Waals surface area contributed by atoms with E-state index in [4.69, 9.17) is 10.5 Å².